The van der Waals surface area contributed by atoms with Gasteiger partial charge in [-0.25, -0.2) is 9.78 Å². The SMILES string of the molecule is NC(=O)NCc1csc(C2CCC2)n1. The van der Waals surface area contributed by atoms with Gasteiger partial charge in [-0.3, -0.25) is 0 Å². The van der Waals surface area contributed by atoms with Gasteiger partial charge in [0.25, 0.3) is 0 Å². The molecule has 1 fully saturated rings. The second-order valence-electron chi connectivity index (χ2n) is 3.52. The lowest BCUT2D eigenvalue weighted by molar-refractivity contribution is 0.248. The van der Waals surface area contributed by atoms with Crippen LogP contribution in [0.3, 0.4) is 0 Å². The zero-order valence-corrected chi connectivity index (χ0v) is 8.64. The number of thiazole rings is 1. The molecule has 0 bridgehead atoms. The largest absolute Gasteiger partial charge is 0.352 e. The fourth-order valence-electron chi connectivity index (χ4n) is 1.42. The molecule has 1 heterocycles. The smallest absolute Gasteiger partial charge is 0.312 e. The molecule has 0 atom stereocenters. The molecule has 4 nitrogen and oxygen atoms in total. The van der Waals surface area contributed by atoms with Crippen LogP contribution in [0.15, 0.2) is 5.38 Å². The first-order valence-corrected chi connectivity index (χ1v) is 5.61. The van der Waals surface area contributed by atoms with Crippen LogP contribution in [0.1, 0.15) is 35.9 Å². The third-order valence-corrected chi connectivity index (χ3v) is 3.52. The van der Waals surface area contributed by atoms with Crippen molar-refractivity contribution < 1.29 is 4.79 Å². The average Bonchev–Trinajstić information content (AvgIpc) is 2.46. The fourth-order valence-corrected chi connectivity index (χ4v) is 2.42. The Labute approximate surface area is 86.5 Å². The lowest BCUT2D eigenvalue weighted by Crippen LogP contribution is -2.28. The minimum atomic E-state index is -0.497. The Morgan fingerprint density at radius 3 is 3.07 bits per heavy atom. The first kappa shape index (κ1) is 9.45. The van der Waals surface area contributed by atoms with Gasteiger partial charge < -0.3 is 11.1 Å². The van der Waals surface area contributed by atoms with E-state index in [9.17, 15) is 4.79 Å². The van der Waals surface area contributed by atoms with Gasteiger partial charge in [0.15, 0.2) is 0 Å². The van der Waals surface area contributed by atoms with Crippen LogP contribution >= 0.6 is 11.3 Å². The molecule has 1 aliphatic carbocycles. The molecular weight excluding hydrogens is 198 g/mol. The quantitative estimate of drug-likeness (QED) is 0.797. The number of nitrogens with one attached hydrogen (secondary N) is 1. The average molecular weight is 211 g/mol. The molecule has 0 spiro atoms. The van der Waals surface area contributed by atoms with Crippen LogP contribution < -0.4 is 11.1 Å². The fraction of sp³-hybridized carbons (Fsp3) is 0.556. The van der Waals surface area contributed by atoms with Crippen LogP contribution in [-0.4, -0.2) is 11.0 Å². The Bertz CT molecular complexity index is 333. The van der Waals surface area contributed by atoms with E-state index in [1.807, 2.05) is 5.38 Å². The summed E-state index contributed by atoms with van der Waals surface area (Å²) in [6, 6.07) is -0.497. The van der Waals surface area contributed by atoms with E-state index in [4.69, 9.17) is 5.73 Å². The molecule has 0 aliphatic heterocycles. The zero-order valence-electron chi connectivity index (χ0n) is 7.82. The molecule has 1 aromatic rings. The minimum Gasteiger partial charge on any atom is -0.352 e. The molecule has 76 valence electrons. The summed E-state index contributed by atoms with van der Waals surface area (Å²) >= 11 is 1.68. The summed E-state index contributed by atoms with van der Waals surface area (Å²) in [5, 5.41) is 5.73. The number of aromatic nitrogens is 1. The number of carbonyl (C=O) groups is 1. The van der Waals surface area contributed by atoms with Gasteiger partial charge in [-0.1, -0.05) is 6.42 Å². The highest BCUT2D eigenvalue weighted by molar-refractivity contribution is 7.09. The Kier molecular flexibility index (Phi) is 2.67. The number of hydrogen-bond donors (Lipinski definition) is 2. The molecule has 14 heavy (non-hydrogen) atoms. The second-order valence-corrected chi connectivity index (χ2v) is 4.41. The van der Waals surface area contributed by atoms with Crippen molar-refractivity contribution in [2.45, 2.75) is 31.7 Å². The van der Waals surface area contributed by atoms with Gasteiger partial charge in [-0.05, 0) is 12.8 Å². The number of nitrogens with zero attached hydrogens (tertiary/aromatic N) is 1. The molecule has 1 aliphatic rings. The van der Waals surface area contributed by atoms with E-state index in [0.29, 0.717) is 12.5 Å². The molecule has 1 saturated carbocycles. The van der Waals surface area contributed by atoms with Crippen LogP contribution in [-0.2, 0) is 6.54 Å². The zero-order chi connectivity index (χ0) is 9.97. The van der Waals surface area contributed by atoms with Gasteiger partial charge in [0.2, 0.25) is 0 Å². The maximum Gasteiger partial charge on any atom is 0.312 e. The normalized spacial score (nSPS) is 16.3. The number of hydrogen-bond acceptors (Lipinski definition) is 3. The molecule has 5 heteroatoms. The first-order valence-electron chi connectivity index (χ1n) is 4.73. The predicted molar refractivity (Wildman–Crippen MR) is 55.1 cm³/mol. The summed E-state index contributed by atoms with van der Waals surface area (Å²) in [6.07, 6.45) is 3.84. The Morgan fingerprint density at radius 2 is 2.50 bits per heavy atom. The van der Waals surface area contributed by atoms with Crippen molar-refractivity contribution in [3.8, 4) is 0 Å². The summed E-state index contributed by atoms with van der Waals surface area (Å²) in [4.78, 5) is 14.9. The summed E-state index contributed by atoms with van der Waals surface area (Å²) in [5.74, 6) is 0.669. The van der Waals surface area contributed by atoms with Gasteiger partial charge >= 0.3 is 6.03 Å². The van der Waals surface area contributed by atoms with E-state index < -0.39 is 6.03 Å². The predicted octanol–water partition coefficient (Wildman–Crippen LogP) is 1.58. The van der Waals surface area contributed by atoms with Gasteiger partial charge in [0.1, 0.15) is 0 Å². The van der Waals surface area contributed by atoms with Crippen LogP contribution in [0.2, 0.25) is 0 Å². The van der Waals surface area contributed by atoms with Crippen molar-refractivity contribution in [3.63, 3.8) is 0 Å². The summed E-state index contributed by atoms with van der Waals surface area (Å²) < 4.78 is 0. The highest BCUT2D eigenvalue weighted by atomic mass is 32.1. The minimum absolute atomic E-state index is 0.443. The van der Waals surface area contributed by atoms with Crippen molar-refractivity contribution >= 4 is 17.4 Å². The van der Waals surface area contributed by atoms with Gasteiger partial charge in [0.05, 0.1) is 17.2 Å². The monoisotopic (exact) mass is 211 g/mol. The molecule has 0 unspecified atom stereocenters. The second kappa shape index (κ2) is 3.96. The number of urea groups is 1. The Hall–Kier alpha value is -1.10. The van der Waals surface area contributed by atoms with Crippen molar-refractivity contribution in [1.82, 2.24) is 10.3 Å². The Morgan fingerprint density at radius 1 is 1.71 bits per heavy atom. The molecule has 2 rings (SSSR count). The molecule has 1 aromatic heterocycles. The van der Waals surface area contributed by atoms with Crippen molar-refractivity contribution in [2.24, 2.45) is 5.73 Å². The van der Waals surface area contributed by atoms with E-state index in [0.717, 1.165) is 5.69 Å². The third kappa shape index (κ3) is 2.04. The van der Waals surface area contributed by atoms with Crippen LogP contribution in [0.4, 0.5) is 4.79 Å². The lowest BCUT2D eigenvalue weighted by Gasteiger charge is -2.22. The lowest BCUT2D eigenvalue weighted by atomic mass is 9.86. The highest BCUT2D eigenvalue weighted by Crippen LogP contribution is 2.37. The van der Waals surface area contributed by atoms with Gasteiger partial charge in [0, 0.05) is 11.3 Å². The molecular formula is C9H13N3OS. The molecule has 3 N–H and O–H groups in total. The number of nitrogens with two attached hydrogens (primary N) is 1. The summed E-state index contributed by atoms with van der Waals surface area (Å²) in [5.41, 5.74) is 5.88. The number of carbonyl (C=O) groups excluding carboxylic acids is 1. The number of rotatable bonds is 3. The Balaban J connectivity index is 1.92. The van der Waals surface area contributed by atoms with Gasteiger partial charge in [-0.15, -0.1) is 11.3 Å². The topological polar surface area (TPSA) is 68.0 Å². The van der Waals surface area contributed by atoms with Crippen LogP contribution in [0.25, 0.3) is 0 Å². The number of primary amides is 1. The van der Waals surface area contributed by atoms with E-state index in [1.165, 1.54) is 24.3 Å². The van der Waals surface area contributed by atoms with Crippen molar-refractivity contribution in [2.75, 3.05) is 0 Å². The summed E-state index contributed by atoms with van der Waals surface area (Å²) in [7, 11) is 0. The summed E-state index contributed by atoms with van der Waals surface area (Å²) in [6.45, 7) is 0.443. The van der Waals surface area contributed by atoms with E-state index in [-0.39, 0.29) is 0 Å². The van der Waals surface area contributed by atoms with E-state index in [2.05, 4.69) is 10.3 Å². The highest BCUT2D eigenvalue weighted by Gasteiger charge is 2.22. The molecule has 2 amide bonds. The maximum atomic E-state index is 10.5. The molecule has 0 radical (unpaired) electrons. The third-order valence-electron chi connectivity index (χ3n) is 2.47. The van der Waals surface area contributed by atoms with E-state index >= 15 is 0 Å². The van der Waals surface area contributed by atoms with Crippen LogP contribution in [0, 0.1) is 0 Å². The first-order chi connectivity index (χ1) is 6.75. The standard InChI is InChI=1S/C9H13N3OS/c10-9(13)11-4-7-5-14-8(12-7)6-2-1-3-6/h5-6H,1-4H2,(H3,10,11,13). The van der Waals surface area contributed by atoms with Crippen molar-refractivity contribution in [1.29, 1.82) is 0 Å². The van der Waals surface area contributed by atoms with Gasteiger partial charge in [-0.2, -0.15) is 0 Å². The van der Waals surface area contributed by atoms with Crippen molar-refractivity contribution in [3.05, 3.63) is 16.1 Å². The molecule has 0 saturated heterocycles. The van der Waals surface area contributed by atoms with Crippen LogP contribution in [0.5, 0.6) is 0 Å². The van der Waals surface area contributed by atoms with E-state index in [1.54, 1.807) is 11.3 Å². The maximum absolute atomic E-state index is 10.5. The number of amides is 2. The molecule has 0 aromatic carbocycles.